The second kappa shape index (κ2) is 4.42. The van der Waals surface area contributed by atoms with Crippen molar-refractivity contribution in [2.45, 2.75) is 63.9 Å². The Hall–Kier alpha value is -1.20. The van der Waals surface area contributed by atoms with Crippen molar-refractivity contribution in [1.29, 1.82) is 0 Å². The lowest BCUT2D eigenvalue weighted by atomic mass is 10.0. The summed E-state index contributed by atoms with van der Waals surface area (Å²) in [5, 5.41) is 0. The molecule has 6 heteroatoms. The molecule has 0 saturated carbocycles. The summed E-state index contributed by atoms with van der Waals surface area (Å²) in [6, 6.07) is -0.869. The minimum Gasteiger partial charge on any atom is -0.444 e. The molecule has 2 heterocycles. The van der Waals surface area contributed by atoms with Crippen LogP contribution in [0.4, 0.5) is 18.0 Å². The lowest BCUT2D eigenvalue weighted by molar-refractivity contribution is -0.0980. The van der Waals surface area contributed by atoms with Gasteiger partial charge >= 0.3 is 12.3 Å². The van der Waals surface area contributed by atoms with Gasteiger partial charge in [-0.25, -0.2) is 4.79 Å². The molecule has 3 nitrogen and oxygen atoms in total. The van der Waals surface area contributed by atoms with Crippen LogP contribution in [-0.2, 0) is 4.74 Å². The molecule has 1 amide bonds. The molecule has 1 saturated heterocycles. The van der Waals surface area contributed by atoms with Gasteiger partial charge in [0.15, 0.2) is 0 Å². The normalized spacial score (nSPS) is 27.3. The van der Waals surface area contributed by atoms with Gasteiger partial charge in [-0.3, -0.25) is 4.90 Å². The van der Waals surface area contributed by atoms with Crippen molar-refractivity contribution in [3.63, 3.8) is 0 Å². The summed E-state index contributed by atoms with van der Waals surface area (Å²) >= 11 is 0. The quantitative estimate of drug-likeness (QED) is 0.632. The Bertz CT molecular complexity index is 409. The Labute approximate surface area is 110 Å². The number of hydrogen-bond donors (Lipinski definition) is 0. The van der Waals surface area contributed by atoms with Gasteiger partial charge in [0.1, 0.15) is 5.60 Å². The van der Waals surface area contributed by atoms with Crippen molar-refractivity contribution in [2.75, 3.05) is 0 Å². The number of rotatable bonds is 0. The van der Waals surface area contributed by atoms with Gasteiger partial charge in [0.05, 0.1) is 6.04 Å². The van der Waals surface area contributed by atoms with E-state index in [0.29, 0.717) is 12.8 Å². The second-order valence-electron chi connectivity index (χ2n) is 6.08. The van der Waals surface area contributed by atoms with Crippen LogP contribution in [0.2, 0.25) is 0 Å². The van der Waals surface area contributed by atoms with Crippen molar-refractivity contribution in [1.82, 2.24) is 4.90 Å². The third kappa shape index (κ3) is 3.04. The highest BCUT2D eigenvalue weighted by molar-refractivity contribution is 5.70. The first kappa shape index (κ1) is 14.2. The zero-order valence-corrected chi connectivity index (χ0v) is 11.3. The van der Waals surface area contributed by atoms with Crippen molar-refractivity contribution in [3.05, 3.63) is 11.6 Å². The van der Waals surface area contributed by atoms with Crippen molar-refractivity contribution >= 4 is 6.09 Å². The molecule has 0 aromatic carbocycles. The van der Waals surface area contributed by atoms with Crippen LogP contribution in [0, 0.1) is 0 Å². The lowest BCUT2D eigenvalue weighted by Gasteiger charge is -2.35. The molecule has 2 bridgehead atoms. The number of carbonyl (C=O) groups excluding carboxylic acids is 1. The van der Waals surface area contributed by atoms with Gasteiger partial charge in [0.25, 0.3) is 0 Å². The third-order valence-electron chi connectivity index (χ3n) is 3.36. The Balaban J connectivity index is 2.15. The van der Waals surface area contributed by atoms with Crippen LogP contribution in [0.25, 0.3) is 0 Å². The summed E-state index contributed by atoms with van der Waals surface area (Å²) in [6.07, 6.45) is -2.59. The predicted octanol–water partition coefficient (Wildman–Crippen LogP) is 3.65. The zero-order valence-electron chi connectivity index (χ0n) is 11.3. The van der Waals surface area contributed by atoms with E-state index in [9.17, 15) is 18.0 Å². The van der Waals surface area contributed by atoms with E-state index in [4.69, 9.17) is 4.74 Å². The third-order valence-corrected chi connectivity index (χ3v) is 3.36. The Morgan fingerprint density at radius 2 is 1.95 bits per heavy atom. The molecule has 0 aliphatic carbocycles. The molecule has 0 radical (unpaired) electrons. The van der Waals surface area contributed by atoms with E-state index in [-0.39, 0.29) is 12.5 Å². The van der Waals surface area contributed by atoms with Gasteiger partial charge < -0.3 is 4.74 Å². The van der Waals surface area contributed by atoms with Gasteiger partial charge in [-0.15, -0.1) is 0 Å². The van der Waals surface area contributed by atoms with E-state index in [1.54, 1.807) is 20.8 Å². The molecule has 0 spiro atoms. The van der Waals surface area contributed by atoms with Crippen molar-refractivity contribution < 1.29 is 22.7 Å². The Kier molecular flexibility index (Phi) is 3.31. The van der Waals surface area contributed by atoms with Crippen LogP contribution in [0.15, 0.2) is 11.6 Å². The molecule has 19 heavy (non-hydrogen) atoms. The summed E-state index contributed by atoms with van der Waals surface area (Å²) in [7, 11) is 0. The topological polar surface area (TPSA) is 29.5 Å². The second-order valence-corrected chi connectivity index (χ2v) is 6.08. The summed E-state index contributed by atoms with van der Waals surface area (Å²) in [5.41, 5.74) is -1.15. The van der Waals surface area contributed by atoms with Gasteiger partial charge in [0.2, 0.25) is 0 Å². The van der Waals surface area contributed by atoms with E-state index in [1.807, 2.05) is 0 Å². The Morgan fingerprint density at radius 3 is 2.42 bits per heavy atom. The van der Waals surface area contributed by atoms with E-state index in [2.05, 4.69) is 0 Å². The number of alkyl halides is 3. The van der Waals surface area contributed by atoms with Crippen molar-refractivity contribution in [2.24, 2.45) is 0 Å². The first-order chi connectivity index (χ1) is 8.58. The largest absolute Gasteiger partial charge is 0.444 e. The molecule has 0 N–H and O–H groups in total. The van der Waals surface area contributed by atoms with Crippen LogP contribution in [0.1, 0.15) is 40.0 Å². The van der Waals surface area contributed by atoms with Crippen LogP contribution < -0.4 is 0 Å². The molecule has 1 fully saturated rings. The van der Waals surface area contributed by atoms with E-state index in [1.165, 1.54) is 11.0 Å². The maximum atomic E-state index is 12.7. The van der Waals surface area contributed by atoms with E-state index < -0.39 is 29.5 Å². The number of amides is 1. The molecule has 2 unspecified atom stereocenters. The summed E-state index contributed by atoms with van der Waals surface area (Å²) in [5.74, 6) is 0. The summed E-state index contributed by atoms with van der Waals surface area (Å²) in [4.78, 5) is 13.5. The van der Waals surface area contributed by atoms with E-state index >= 15 is 0 Å². The molecule has 2 atom stereocenters. The molecule has 108 valence electrons. The molecule has 0 aromatic rings. The molecule has 2 aliphatic heterocycles. The first-order valence-electron chi connectivity index (χ1n) is 6.37. The SMILES string of the molecule is CC(C)(C)OC(=O)N1C2C=C(C(F)(F)F)CC1CC2. The molecular weight excluding hydrogens is 259 g/mol. The average Bonchev–Trinajstić information content (AvgIpc) is 2.45. The monoisotopic (exact) mass is 277 g/mol. The fraction of sp³-hybridized carbons (Fsp3) is 0.769. The maximum absolute atomic E-state index is 12.7. The standard InChI is InChI=1S/C13H18F3NO2/c1-12(2,3)19-11(18)17-9-4-5-10(17)7-8(6-9)13(14,15)16/h6,9-10H,4-5,7H2,1-3H3. The minimum absolute atomic E-state index is 0.126. The number of carbonyl (C=O) groups is 1. The highest BCUT2D eigenvalue weighted by Gasteiger charge is 2.47. The van der Waals surface area contributed by atoms with Gasteiger partial charge in [0, 0.05) is 11.6 Å². The highest BCUT2D eigenvalue weighted by Crippen LogP contribution is 2.41. The molecule has 2 aliphatic rings. The highest BCUT2D eigenvalue weighted by atomic mass is 19.4. The maximum Gasteiger partial charge on any atom is 0.412 e. The van der Waals surface area contributed by atoms with Crippen LogP contribution in [0.5, 0.6) is 0 Å². The number of halogens is 3. The van der Waals surface area contributed by atoms with E-state index in [0.717, 1.165) is 0 Å². The first-order valence-corrected chi connectivity index (χ1v) is 6.37. The number of nitrogens with zero attached hydrogens (tertiary/aromatic N) is 1. The summed E-state index contributed by atoms with van der Waals surface area (Å²) in [6.45, 7) is 5.23. The smallest absolute Gasteiger partial charge is 0.412 e. The number of fused-ring (bicyclic) bond motifs is 2. The molecular formula is C13H18F3NO2. The number of hydrogen-bond acceptors (Lipinski definition) is 2. The minimum atomic E-state index is -4.29. The molecule has 0 aromatic heterocycles. The fourth-order valence-corrected chi connectivity index (χ4v) is 2.64. The summed E-state index contributed by atoms with van der Waals surface area (Å²) < 4.78 is 43.4. The zero-order chi connectivity index (χ0) is 14.4. The number of ether oxygens (including phenoxy) is 1. The fourth-order valence-electron chi connectivity index (χ4n) is 2.64. The molecule has 2 rings (SSSR count). The van der Waals surface area contributed by atoms with Gasteiger partial charge in [-0.1, -0.05) is 6.08 Å². The van der Waals surface area contributed by atoms with Gasteiger partial charge in [-0.05, 0) is 40.0 Å². The van der Waals surface area contributed by atoms with Crippen LogP contribution in [-0.4, -0.2) is 34.9 Å². The Morgan fingerprint density at radius 1 is 1.32 bits per heavy atom. The lowest BCUT2D eigenvalue weighted by Crippen LogP contribution is -2.46. The van der Waals surface area contributed by atoms with Crippen LogP contribution >= 0.6 is 0 Å². The van der Waals surface area contributed by atoms with Gasteiger partial charge in [-0.2, -0.15) is 13.2 Å². The van der Waals surface area contributed by atoms with Crippen molar-refractivity contribution in [3.8, 4) is 0 Å². The average molecular weight is 277 g/mol. The predicted molar refractivity (Wildman–Crippen MR) is 63.6 cm³/mol. The van der Waals surface area contributed by atoms with Crippen LogP contribution in [0.3, 0.4) is 0 Å².